The van der Waals surface area contributed by atoms with Crippen molar-refractivity contribution in [2.24, 2.45) is 5.10 Å². The van der Waals surface area contributed by atoms with Gasteiger partial charge in [0.05, 0.1) is 17.8 Å². The van der Waals surface area contributed by atoms with E-state index >= 15 is 0 Å². The highest BCUT2D eigenvalue weighted by atomic mass is 79.9. The average molecular weight is 398 g/mol. The molecule has 0 atom stereocenters. The molecular formula is C16H14BrClN2O3. The molecule has 0 saturated carbocycles. The van der Waals surface area contributed by atoms with Gasteiger partial charge < -0.3 is 9.84 Å². The van der Waals surface area contributed by atoms with Crippen molar-refractivity contribution in [3.8, 4) is 11.5 Å². The van der Waals surface area contributed by atoms with Gasteiger partial charge in [-0.1, -0.05) is 33.6 Å². The normalized spacial score (nSPS) is 10.7. The van der Waals surface area contributed by atoms with Crippen LogP contribution in [0.25, 0.3) is 0 Å². The van der Waals surface area contributed by atoms with Gasteiger partial charge in [0, 0.05) is 10.0 Å². The number of nitrogens with zero attached hydrogens (tertiary/aromatic N) is 1. The highest BCUT2D eigenvalue weighted by molar-refractivity contribution is 9.10. The first-order chi connectivity index (χ1) is 11.0. The Morgan fingerprint density at radius 1 is 1.43 bits per heavy atom. The van der Waals surface area contributed by atoms with Gasteiger partial charge in [-0.05, 0) is 42.8 Å². The molecule has 7 heteroatoms. The van der Waals surface area contributed by atoms with Crippen LogP contribution < -0.4 is 10.2 Å². The molecule has 0 radical (unpaired) electrons. The van der Waals surface area contributed by atoms with Crippen molar-refractivity contribution in [3.63, 3.8) is 0 Å². The van der Waals surface area contributed by atoms with Crippen LogP contribution in [-0.4, -0.2) is 23.8 Å². The van der Waals surface area contributed by atoms with E-state index in [-0.39, 0.29) is 22.4 Å². The van der Waals surface area contributed by atoms with E-state index < -0.39 is 0 Å². The van der Waals surface area contributed by atoms with E-state index in [2.05, 4.69) is 26.5 Å². The number of carbonyl (C=O) groups is 1. The summed E-state index contributed by atoms with van der Waals surface area (Å²) in [7, 11) is 0. The molecular weight excluding hydrogens is 384 g/mol. The Morgan fingerprint density at radius 2 is 2.22 bits per heavy atom. The summed E-state index contributed by atoms with van der Waals surface area (Å²) < 4.78 is 6.09. The minimum Gasteiger partial charge on any atom is -0.503 e. The standard InChI is InChI=1S/C16H14BrClN2O3/c1-2-23-14-7-10(6-13(18)15(14)21)9-19-20-16(22)11-4-3-5-12(17)8-11/h3-9,21H,2H2,1H3,(H,20,22)/b19-9-. The second-order valence-electron chi connectivity index (χ2n) is 4.49. The highest BCUT2D eigenvalue weighted by Crippen LogP contribution is 2.34. The molecule has 2 aromatic carbocycles. The molecule has 2 N–H and O–H groups in total. The number of hydrogen-bond acceptors (Lipinski definition) is 4. The Balaban J connectivity index is 2.10. The zero-order valence-corrected chi connectivity index (χ0v) is 14.6. The lowest BCUT2D eigenvalue weighted by molar-refractivity contribution is 0.0955. The van der Waals surface area contributed by atoms with Gasteiger partial charge in [-0.25, -0.2) is 5.43 Å². The van der Waals surface area contributed by atoms with Crippen molar-refractivity contribution in [3.05, 3.63) is 57.0 Å². The maximum Gasteiger partial charge on any atom is 0.271 e. The Bertz CT molecular complexity index is 750. The molecule has 5 nitrogen and oxygen atoms in total. The average Bonchev–Trinajstić information content (AvgIpc) is 2.52. The molecule has 0 fully saturated rings. The molecule has 0 spiro atoms. The van der Waals surface area contributed by atoms with E-state index in [0.29, 0.717) is 17.7 Å². The third kappa shape index (κ3) is 4.71. The highest BCUT2D eigenvalue weighted by Gasteiger charge is 2.09. The van der Waals surface area contributed by atoms with Gasteiger partial charge in [0.15, 0.2) is 11.5 Å². The number of phenols is 1. The number of ether oxygens (including phenoxy) is 1. The molecule has 0 heterocycles. The molecule has 0 bridgehead atoms. The molecule has 120 valence electrons. The van der Waals surface area contributed by atoms with Crippen molar-refractivity contribution in [1.29, 1.82) is 0 Å². The van der Waals surface area contributed by atoms with Crippen LogP contribution in [0.1, 0.15) is 22.8 Å². The lowest BCUT2D eigenvalue weighted by atomic mass is 10.2. The van der Waals surface area contributed by atoms with Crippen molar-refractivity contribution in [2.75, 3.05) is 6.61 Å². The van der Waals surface area contributed by atoms with Gasteiger partial charge >= 0.3 is 0 Å². The number of aromatic hydroxyl groups is 1. The predicted octanol–water partition coefficient (Wildman–Crippen LogP) is 3.97. The van der Waals surface area contributed by atoms with Gasteiger partial charge in [0.2, 0.25) is 0 Å². The number of halogens is 2. The van der Waals surface area contributed by atoms with Crippen LogP contribution in [0.2, 0.25) is 5.02 Å². The molecule has 0 saturated heterocycles. The summed E-state index contributed by atoms with van der Waals surface area (Å²) in [6, 6.07) is 10.1. The molecule has 2 aromatic rings. The largest absolute Gasteiger partial charge is 0.503 e. The van der Waals surface area contributed by atoms with E-state index in [1.165, 1.54) is 12.3 Å². The summed E-state index contributed by atoms with van der Waals surface area (Å²) in [6.07, 6.45) is 1.42. The van der Waals surface area contributed by atoms with Crippen LogP contribution >= 0.6 is 27.5 Å². The van der Waals surface area contributed by atoms with Crippen LogP contribution in [0, 0.1) is 0 Å². The van der Waals surface area contributed by atoms with E-state index in [4.69, 9.17) is 16.3 Å². The number of carbonyl (C=O) groups excluding carboxylic acids is 1. The lowest BCUT2D eigenvalue weighted by Crippen LogP contribution is -2.17. The Hall–Kier alpha value is -2.05. The Labute approximate surface area is 147 Å². The van der Waals surface area contributed by atoms with E-state index in [1.807, 2.05) is 6.07 Å². The zero-order chi connectivity index (χ0) is 16.8. The first-order valence-electron chi connectivity index (χ1n) is 6.75. The van der Waals surface area contributed by atoms with Crippen molar-refractivity contribution in [2.45, 2.75) is 6.92 Å². The minimum atomic E-state index is -0.336. The smallest absolute Gasteiger partial charge is 0.271 e. The number of hydrazone groups is 1. The zero-order valence-electron chi connectivity index (χ0n) is 12.2. The Kier molecular flexibility index (Phi) is 6.01. The molecule has 0 unspecified atom stereocenters. The maximum atomic E-state index is 11.9. The molecule has 0 aliphatic carbocycles. The number of amides is 1. The van der Waals surface area contributed by atoms with Gasteiger partial charge in [-0.15, -0.1) is 0 Å². The molecule has 23 heavy (non-hydrogen) atoms. The first-order valence-corrected chi connectivity index (χ1v) is 7.92. The maximum absolute atomic E-state index is 11.9. The predicted molar refractivity (Wildman–Crippen MR) is 93.5 cm³/mol. The summed E-state index contributed by atoms with van der Waals surface area (Å²) in [5, 5.41) is 13.8. The Morgan fingerprint density at radius 3 is 2.91 bits per heavy atom. The number of nitrogens with one attached hydrogen (secondary N) is 1. The lowest BCUT2D eigenvalue weighted by Gasteiger charge is -2.08. The topological polar surface area (TPSA) is 70.9 Å². The van der Waals surface area contributed by atoms with Crippen LogP contribution in [0.15, 0.2) is 46.0 Å². The summed E-state index contributed by atoms with van der Waals surface area (Å²) in [5.41, 5.74) is 3.49. The van der Waals surface area contributed by atoms with E-state index in [9.17, 15) is 9.90 Å². The molecule has 0 aliphatic rings. The van der Waals surface area contributed by atoms with Crippen molar-refractivity contribution in [1.82, 2.24) is 5.43 Å². The summed E-state index contributed by atoms with van der Waals surface area (Å²) in [6.45, 7) is 2.19. The second-order valence-corrected chi connectivity index (χ2v) is 5.81. The molecule has 0 aromatic heterocycles. The fraction of sp³-hybridized carbons (Fsp3) is 0.125. The fourth-order valence-corrected chi connectivity index (χ4v) is 2.41. The SMILES string of the molecule is CCOc1cc(/C=N\NC(=O)c2cccc(Br)c2)cc(Cl)c1O. The third-order valence-electron chi connectivity index (χ3n) is 2.82. The molecule has 2 rings (SSSR count). The number of hydrogen-bond donors (Lipinski definition) is 2. The fourth-order valence-electron chi connectivity index (χ4n) is 1.79. The summed E-state index contributed by atoms with van der Waals surface area (Å²) in [4.78, 5) is 11.9. The molecule has 1 amide bonds. The van der Waals surface area contributed by atoms with Crippen LogP contribution in [0.4, 0.5) is 0 Å². The monoisotopic (exact) mass is 396 g/mol. The van der Waals surface area contributed by atoms with E-state index in [0.717, 1.165) is 4.47 Å². The summed E-state index contributed by atoms with van der Waals surface area (Å²) >= 11 is 9.23. The number of rotatable bonds is 5. The first kappa shape index (κ1) is 17.3. The van der Waals surface area contributed by atoms with Crippen LogP contribution in [0.5, 0.6) is 11.5 Å². The minimum absolute atomic E-state index is 0.121. The van der Waals surface area contributed by atoms with Gasteiger partial charge in [-0.3, -0.25) is 4.79 Å². The van der Waals surface area contributed by atoms with Crippen molar-refractivity contribution >= 4 is 39.7 Å². The third-order valence-corrected chi connectivity index (χ3v) is 3.60. The van der Waals surface area contributed by atoms with Gasteiger partial charge in [0.1, 0.15) is 0 Å². The molecule has 0 aliphatic heterocycles. The van der Waals surface area contributed by atoms with Crippen LogP contribution in [-0.2, 0) is 0 Å². The van der Waals surface area contributed by atoms with Gasteiger partial charge in [-0.2, -0.15) is 5.10 Å². The van der Waals surface area contributed by atoms with E-state index in [1.54, 1.807) is 31.2 Å². The summed E-state index contributed by atoms with van der Waals surface area (Å²) in [5.74, 6) is -0.193. The van der Waals surface area contributed by atoms with Crippen molar-refractivity contribution < 1.29 is 14.6 Å². The van der Waals surface area contributed by atoms with Crippen LogP contribution in [0.3, 0.4) is 0 Å². The second kappa shape index (κ2) is 7.99. The number of benzene rings is 2. The van der Waals surface area contributed by atoms with Gasteiger partial charge in [0.25, 0.3) is 5.91 Å². The number of phenolic OH excluding ortho intramolecular Hbond substituents is 1. The quantitative estimate of drug-likeness (QED) is 0.592.